The molecule has 168 valence electrons. The predicted octanol–water partition coefficient (Wildman–Crippen LogP) is 3.08. The van der Waals surface area contributed by atoms with Crippen molar-refractivity contribution in [2.24, 2.45) is 0 Å². The number of carbonyl (C=O) groups excluding carboxylic acids is 1. The average Bonchev–Trinajstić information content (AvgIpc) is 3.26. The molecule has 0 saturated carbocycles. The highest BCUT2D eigenvalue weighted by Gasteiger charge is 2.18. The minimum atomic E-state index is -0.264. The maximum absolute atomic E-state index is 12.8. The van der Waals surface area contributed by atoms with Crippen molar-refractivity contribution in [3.63, 3.8) is 0 Å². The van der Waals surface area contributed by atoms with E-state index in [4.69, 9.17) is 16.3 Å². The molecule has 4 rings (SSSR count). The van der Waals surface area contributed by atoms with E-state index in [-0.39, 0.29) is 6.03 Å². The zero-order chi connectivity index (χ0) is 22.5. The van der Waals surface area contributed by atoms with Crippen LogP contribution in [-0.4, -0.2) is 84.0 Å². The van der Waals surface area contributed by atoms with Gasteiger partial charge in [-0.05, 0) is 42.9 Å². The molecule has 0 radical (unpaired) electrons. The van der Waals surface area contributed by atoms with Gasteiger partial charge in [0.2, 0.25) is 0 Å². The number of rotatable bonds is 6. The fourth-order valence-electron chi connectivity index (χ4n) is 3.72. The van der Waals surface area contributed by atoms with Gasteiger partial charge in [-0.2, -0.15) is 9.78 Å². The van der Waals surface area contributed by atoms with Crippen molar-refractivity contribution < 1.29 is 9.53 Å². The summed E-state index contributed by atoms with van der Waals surface area (Å²) in [5, 5.41) is 8.05. The minimum absolute atomic E-state index is 0.264. The quantitative estimate of drug-likeness (QED) is 0.617. The summed E-state index contributed by atoms with van der Waals surface area (Å²) >= 11 is 6.34. The minimum Gasteiger partial charge on any atom is -0.495 e. The van der Waals surface area contributed by atoms with Gasteiger partial charge in [-0.15, -0.1) is 0 Å². The number of aromatic nitrogens is 3. The Bertz CT molecular complexity index is 1060. The fourth-order valence-corrected chi connectivity index (χ4v) is 3.98. The van der Waals surface area contributed by atoms with Gasteiger partial charge in [-0.25, -0.2) is 4.79 Å². The molecule has 9 heteroatoms. The van der Waals surface area contributed by atoms with Crippen molar-refractivity contribution in [2.75, 3.05) is 53.4 Å². The Kier molecular flexibility index (Phi) is 7.04. The molecule has 1 aliphatic rings. The smallest absolute Gasteiger partial charge is 0.342 e. The number of halogens is 1. The first-order valence-electron chi connectivity index (χ1n) is 10.6. The molecule has 0 spiro atoms. The van der Waals surface area contributed by atoms with Gasteiger partial charge in [0.05, 0.1) is 12.1 Å². The Morgan fingerprint density at radius 1 is 1.12 bits per heavy atom. The van der Waals surface area contributed by atoms with Crippen LogP contribution in [0.3, 0.4) is 0 Å². The molecule has 0 unspecified atom stereocenters. The van der Waals surface area contributed by atoms with E-state index in [0.29, 0.717) is 23.0 Å². The van der Waals surface area contributed by atoms with Crippen molar-refractivity contribution in [2.45, 2.75) is 0 Å². The van der Waals surface area contributed by atoms with Gasteiger partial charge in [0.1, 0.15) is 11.4 Å². The van der Waals surface area contributed by atoms with Crippen LogP contribution in [0.2, 0.25) is 5.02 Å². The number of pyridine rings is 1. The second-order valence-corrected chi connectivity index (χ2v) is 8.21. The Morgan fingerprint density at radius 2 is 1.88 bits per heavy atom. The lowest BCUT2D eigenvalue weighted by atomic mass is 10.0. The predicted molar refractivity (Wildman–Crippen MR) is 125 cm³/mol. The standard InChI is InChI=1S/C23H27ClN6O2/c1-28-11-13-29(14-12-28)10-9-26-23(31)30-16-19(17-5-7-25-8-6-17)22(27-30)18-3-4-21(32-2)20(24)15-18/h3-8,15-16H,9-14H2,1-2H3,(H,26,31). The van der Waals surface area contributed by atoms with E-state index >= 15 is 0 Å². The van der Waals surface area contributed by atoms with Crippen LogP contribution in [0.5, 0.6) is 5.75 Å². The van der Waals surface area contributed by atoms with E-state index in [9.17, 15) is 4.79 Å². The van der Waals surface area contributed by atoms with Gasteiger partial charge < -0.3 is 15.0 Å². The third kappa shape index (κ3) is 5.09. The summed E-state index contributed by atoms with van der Waals surface area (Å²) in [5.74, 6) is 0.585. The molecule has 3 aromatic rings. The molecule has 0 aliphatic carbocycles. The molecule has 1 N–H and O–H groups in total. The van der Waals surface area contributed by atoms with Crippen molar-refractivity contribution in [3.05, 3.63) is 53.9 Å². The number of benzene rings is 1. The number of ether oxygens (including phenoxy) is 1. The Morgan fingerprint density at radius 3 is 2.56 bits per heavy atom. The summed E-state index contributed by atoms with van der Waals surface area (Å²) in [7, 11) is 3.70. The second-order valence-electron chi connectivity index (χ2n) is 7.80. The monoisotopic (exact) mass is 454 g/mol. The van der Waals surface area contributed by atoms with Gasteiger partial charge >= 0.3 is 6.03 Å². The van der Waals surface area contributed by atoms with Gasteiger partial charge in [0, 0.05) is 69.0 Å². The van der Waals surface area contributed by atoms with Gasteiger partial charge in [0.25, 0.3) is 0 Å². The maximum atomic E-state index is 12.8. The molecule has 1 fully saturated rings. The zero-order valence-corrected chi connectivity index (χ0v) is 19.0. The van der Waals surface area contributed by atoms with E-state index in [1.165, 1.54) is 4.68 Å². The lowest BCUT2D eigenvalue weighted by Crippen LogP contribution is -2.47. The molecule has 2 aromatic heterocycles. The number of carbonyl (C=O) groups is 1. The van der Waals surface area contributed by atoms with Crippen LogP contribution < -0.4 is 10.1 Å². The van der Waals surface area contributed by atoms with Gasteiger partial charge in [0.15, 0.2) is 0 Å². The molecule has 3 heterocycles. The first-order chi connectivity index (χ1) is 15.5. The number of likely N-dealkylation sites (N-methyl/N-ethyl adjacent to an activating group) is 1. The summed E-state index contributed by atoms with van der Waals surface area (Å²) in [5.41, 5.74) is 3.20. The maximum Gasteiger partial charge on any atom is 0.342 e. The Hall–Kier alpha value is -2.94. The molecule has 1 aromatic carbocycles. The first-order valence-corrected chi connectivity index (χ1v) is 11.0. The molecule has 8 nitrogen and oxygen atoms in total. The molecular weight excluding hydrogens is 428 g/mol. The highest BCUT2D eigenvalue weighted by atomic mass is 35.5. The van der Waals surface area contributed by atoms with Crippen LogP contribution in [0.15, 0.2) is 48.9 Å². The summed E-state index contributed by atoms with van der Waals surface area (Å²) in [6.07, 6.45) is 5.18. The zero-order valence-electron chi connectivity index (χ0n) is 18.3. The number of piperazine rings is 1. The van der Waals surface area contributed by atoms with E-state index in [1.54, 1.807) is 37.8 Å². The topological polar surface area (TPSA) is 75.5 Å². The lowest BCUT2D eigenvalue weighted by molar-refractivity contribution is 0.155. The number of hydrogen-bond acceptors (Lipinski definition) is 6. The SMILES string of the molecule is COc1ccc(-c2nn(C(=O)NCCN3CCN(C)CC3)cc2-c2ccncc2)cc1Cl. The number of nitrogens with one attached hydrogen (secondary N) is 1. The number of hydrogen-bond donors (Lipinski definition) is 1. The second kappa shape index (κ2) is 10.1. The third-order valence-corrected chi connectivity index (χ3v) is 5.93. The third-order valence-electron chi connectivity index (χ3n) is 5.64. The first kappa shape index (κ1) is 22.3. The van der Waals surface area contributed by atoms with E-state index in [1.807, 2.05) is 18.2 Å². The summed E-state index contributed by atoms with van der Waals surface area (Å²) in [4.78, 5) is 21.6. The van der Waals surface area contributed by atoms with Crippen LogP contribution in [0, 0.1) is 0 Å². The lowest BCUT2D eigenvalue weighted by Gasteiger charge is -2.32. The van der Waals surface area contributed by atoms with Crippen LogP contribution >= 0.6 is 11.6 Å². The molecule has 1 aliphatic heterocycles. The number of methoxy groups -OCH3 is 1. The highest BCUT2D eigenvalue weighted by Crippen LogP contribution is 2.34. The van der Waals surface area contributed by atoms with E-state index in [0.717, 1.165) is 49.4 Å². The van der Waals surface area contributed by atoms with E-state index in [2.05, 4.69) is 32.2 Å². The van der Waals surface area contributed by atoms with Crippen molar-refractivity contribution in [1.29, 1.82) is 0 Å². The molecule has 1 amide bonds. The van der Waals surface area contributed by atoms with Crippen LogP contribution in [0.4, 0.5) is 4.79 Å². The molecule has 1 saturated heterocycles. The van der Waals surface area contributed by atoms with Crippen molar-refractivity contribution in [1.82, 2.24) is 29.9 Å². The van der Waals surface area contributed by atoms with Crippen LogP contribution in [-0.2, 0) is 0 Å². The van der Waals surface area contributed by atoms with Crippen molar-refractivity contribution in [3.8, 4) is 28.1 Å². The van der Waals surface area contributed by atoms with Crippen molar-refractivity contribution >= 4 is 17.6 Å². The van der Waals surface area contributed by atoms with Crippen LogP contribution in [0.1, 0.15) is 0 Å². The summed E-state index contributed by atoms with van der Waals surface area (Å²) in [6.45, 7) is 5.52. The van der Waals surface area contributed by atoms with Crippen LogP contribution in [0.25, 0.3) is 22.4 Å². The highest BCUT2D eigenvalue weighted by molar-refractivity contribution is 6.32. The van der Waals surface area contributed by atoms with Gasteiger partial charge in [-0.1, -0.05) is 11.6 Å². The molecule has 0 atom stereocenters. The Balaban J connectivity index is 1.54. The normalized spacial score (nSPS) is 15.0. The van der Waals surface area contributed by atoms with E-state index < -0.39 is 0 Å². The van der Waals surface area contributed by atoms with Gasteiger partial charge in [-0.3, -0.25) is 9.88 Å². The molecule has 32 heavy (non-hydrogen) atoms. The summed E-state index contributed by atoms with van der Waals surface area (Å²) in [6, 6.07) is 8.99. The largest absolute Gasteiger partial charge is 0.495 e. The molecular formula is C23H27ClN6O2. The number of amides is 1. The Labute approximate surface area is 192 Å². The fraction of sp³-hybridized carbons (Fsp3) is 0.348. The summed E-state index contributed by atoms with van der Waals surface area (Å²) < 4.78 is 6.61. The number of nitrogens with zero attached hydrogens (tertiary/aromatic N) is 5. The molecule has 0 bridgehead atoms. The average molecular weight is 455 g/mol.